The van der Waals surface area contributed by atoms with Crippen LogP contribution < -0.4 is 4.74 Å². The van der Waals surface area contributed by atoms with E-state index >= 15 is 0 Å². The van der Waals surface area contributed by atoms with Crippen molar-refractivity contribution in [1.82, 2.24) is 14.7 Å². The average Bonchev–Trinajstić information content (AvgIpc) is 2.88. The SMILES string of the molecule is COCCCN(C)Cn1nc(-c2ccc(OC)cc2)oc1=S. The summed E-state index contributed by atoms with van der Waals surface area (Å²) in [7, 11) is 5.35. The largest absolute Gasteiger partial charge is 0.497 e. The number of benzene rings is 1. The van der Waals surface area contributed by atoms with Gasteiger partial charge in [0, 0.05) is 25.8 Å². The second-order valence-corrected chi connectivity index (χ2v) is 5.32. The molecule has 1 aromatic heterocycles. The first-order valence-electron chi connectivity index (χ1n) is 7.04. The summed E-state index contributed by atoms with van der Waals surface area (Å²) in [5, 5.41) is 4.44. The molecule has 2 rings (SSSR count). The van der Waals surface area contributed by atoms with Crippen LogP contribution in [0.1, 0.15) is 6.42 Å². The van der Waals surface area contributed by atoms with Crippen LogP contribution in [0.3, 0.4) is 0 Å². The molecule has 0 radical (unpaired) electrons. The van der Waals surface area contributed by atoms with E-state index in [2.05, 4.69) is 10.00 Å². The highest BCUT2D eigenvalue weighted by Gasteiger charge is 2.10. The lowest BCUT2D eigenvalue weighted by Crippen LogP contribution is -2.24. The summed E-state index contributed by atoms with van der Waals surface area (Å²) in [6.07, 6.45) is 0.962. The average molecular weight is 323 g/mol. The maximum atomic E-state index is 5.58. The third-order valence-electron chi connectivity index (χ3n) is 3.21. The second kappa shape index (κ2) is 8.07. The quantitative estimate of drug-likeness (QED) is 0.550. The number of rotatable bonds is 8. The minimum atomic E-state index is 0.365. The molecule has 0 N–H and O–H groups in total. The fraction of sp³-hybridized carbons (Fsp3) is 0.467. The number of aromatic nitrogens is 2. The van der Waals surface area contributed by atoms with E-state index in [-0.39, 0.29) is 0 Å². The van der Waals surface area contributed by atoms with Gasteiger partial charge in [-0.3, -0.25) is 4.90 Å². The lowest BCUT2D eigenvalue weighted by atomic mass is 10.2. The summed E-state index contributed by atoms with van der Waals surface area (Å²) in [5.74, 6) is 1.30. The Kier molecular flexibility index (Phi) is 6.11. The molecule has 0 bridgehead atoms. The van der Waals surface area contributed by atoms with E-state index < -0.39 is 0 Å². The molecule has 0 saturated heterocycles. The van der Waals surface area contributed by atoms with E-state index in [0.29, 0.717) is 17.4 Å². The monoisotopic (exact) mass is 323 g/mol. The Morgan fingerprint density at radius 1 is 1.27 bits per heavy atom. The summed E-state index contributed by atoms with van der Waals surface area (Å²) in [6.45, 7) is 2.23. The number of nitrogens with zero attached hydrogens (tertiary/aromatic N) is 3. The minimum Gasteiger partial charge on any atom is -0.497 e. The lowest BCUT2D eigenvalue weighted by Gasteiger charge is -2.15. The highest BCUT2D eigenvalue weighted by molar-refractivity contribution is 7.71. The summed E-state index contributed by atoms with van der Waals surface area (Å²) in [4.78, 5) is 2.49. The summed E-state index contributed by atoms with van der Waals surface area (Å²) in [5.41, 5.74) is 0.868. The zero-order valence-electron chi connectivity index (χ0n) is 13.1. The van der Waals surface area contributed by atoms with Crippen LogP contribution in [0.15, 0.2) is 28.7 Å². The Labute approximate surface area is 135 Å². The molecule has 0 amide bonds. The van der Waals surface area contributed by atoms with Crippen LogP contribution in [-0.2, 0) is 11.4 Å². The molecule has 0 unspecified atom stereocenters. The molecular weight excluding hydrogens is 302 g/mol. The minimum absolute atomic E-state index is 0.365. The van der Waals surface area contributed by atoms with Crippen LogP contribution >= 0.6 is 12.2 Å². The molecule has 1 aromatic carbocycles. The first-order chi connectivity index (χ1) is 10.6. The molecule has 0 atom stereocenters. The standard InChI is InChI=1S/C15H21N3O3S/c1-17(9-4-10-19-2)11-18-15(22)21-14(16-18)12-5-7-13(20-3)8-6-12/h5-8H,4,9-11H2,1-3H3. The van der Waals surface area contributed by atoms with Crippen molar-refractivity contribution in [3.05, 3.63) is 29.1 Å². The Morgan fingerprint density at radius 2 is 2.00 bits per heavy atom. The Morgan fingerprint density at radius 3 is 2.64 bits per heavy atom. The molecule has 6 nitrogen and oxygen atoms in total. The fourth-order valence-electron chi connectivity index (χ4n) is 2.02. The molecule has 0 aliphatic carbocycles. The Bertz CT molecular complexity index is 636. The smallest absolute Gasteiger partial charge is 0.288 e. The van der Waals surface area contributed by atoms with E-state index in [4.69, 9.17) is 26.1 Å². The van der Waals surface area contributed by atoms with Crippen LogP contribution in [0.25, 0.3) is 11.5 Å². The molecular formula is C15H21N3O3S. The van der Waals surface area contributed by atoms with Gasteiger partial charge in [0.1, 0.15) is 5.75 Å². The van der Waals surface area contributed by atoms with Crippen LogP contribution in [0.5, 0.6) is 5.75 Å². The molecule has 0 saturated carbocycles. The van der Waals surface area contributed by atoms with Crippen molar-refractivity contribution in [2.45, 2.75) is 13.1 Å². The summed E-state index contributed by atoms with van der Waals surface area (Å²) >= 11 is 5.23. The Balaban J connectivity index is 2.05. The molecule has 0 aliphatic heterocycles. The van der Waals surface area contributed by atoms with Crippen molar-refractivity contribution in [2.24, 2.45) is 0 Å². The maximum Gasteiger partial charge on any atom is 0.288 e. The number of ether oxygens (including phenoxy) is 2. The zero-order chi connectivity index (χ0) is 15.9. The van der Waals surface area contributed by atoms with Gasteiger partial charge in [-0.05, 0) is 50.0 Å². The number of hydrogen-bond donors (Lipinski definition) is 0. The van der Waals surface area contributed by atoms with Gasteiger partial charge in [0.05, 0.1) is 13.8 Å². The predicted molar refractivity (Wildman–Crippen MR) is 86.4 cm³/mol. The van der Waals surface area contributed by atoms with Gasteiger partial charge in [-0.1, -0.05) is 0 Å². The van der Waals surface area contributed by atoms with Crippen LogP contribution in [-0.4, -0.2) is 49.1 Å². The number of methoxy groups -OCH3 is 2. The predicted octanol–water partition coefficient (Wildman–Crippen LogP) is 2.81. The van der Waals surface area contributed by atoms with E-state index in [1.807, 2.05) is 31.3 Å². The molecule has 2 aromatic rings. The lowest BCUT2D eigenvalue weighted by molar-refractivity contribution is 0.167. The van der Waals surface area contributed by atoms with Gasteiger partial charge in [-0.15, -0.1) is 5.10 Å². The van der Waals surface area contributed by atoms with Crippen LogP contribution in [0.4, 0.5) is 0 Å². The van der Waals surface area contributed by atoms with E-state index in [1.54, 1.807) is 18.9 Å². The Hall–Kier alpha value is -1.70. The van der Waals surface area contributed by atoms with E-state index in [9.17, 15) is 0 Å². The van der Waals surface area contributed by atoms with E-state index in [1.165, 1.54) is 0 Å². The second-order valence-electron chi connectivity index (χ2n) is 4.97. The molecule has 0 fully saturated rings. The summed E-state index contributed by atoms with van der Waals surface area (Å²) in [6, 6.07) is 7.52. The molecule has 0 aliphatic rings. The van der Waals surface area contributed by atoms with Crippen molar-refractivity contribution in [2.75, 3.05) is 34.4 Å². The van der Waals surface area contributed by atoms with Crippen molar-refractivity contribution in [1.29, 1.82) is 0 Å². The normalized spacial score (nSPS) is 11.1. The maximum absolute atomic E-state index is 5.58. The van der Waals surface area contributed by atoms with Gasteiger partial charge in [-0.25, -0.2) is 4.68 Å². The van der Waals surface area contributed by atoms with Crippen LogP contribution in [0.2, 0.25) is 0 Å². The molecule has 0 spiro atoms. The summed E-state index contributed by atoms with van der Waals surface area (Å²) < 4.78 is 17.4. The first kappa shape index (κ1) is 16.7. The van der Waals surface area contributed by atoms with Crippen molar-refractivity contribution < 1.29 is 13.9 Å². The van der Waals surface area contributed by atoms with Gasteiger partial charge >= 0.3 is 0 Å². The highest BCUT2D eigenvalue weighted by Crippen LogP contribution is 2.21. The van der Waals surface area contributed by atoms with E-state index in [0.717, 1.165) is 30.9 Å². The molecule has 120 valence electrons. The van der Waals surface area contributed by atoms with Gasteiger partial charge < -0.3 is 13.9 Å². The van der Waals surface area contributed by atoms with Crippen molar-refractivity contribution in [3.8, 4) is 17.2 Å². The van der Waals surface area contributed by atoms with Crippen molar-refractivity contribution >= 4 is 12.2 Å². The third-order valence-corrected chi connectivity index (χ3v) is 3.50. The molecule has 22 heavy (non-hydrogen) atoms. The highest BCUT2D eigenvalue weighted by atomic mass is 32.1. The van der Waals surface area contributed by atoms with Crippen LogP contribution in [0, 0.1) is 4.84 Å². The third kappa shape index (κ3) is 4.40. The molecule has 7 heteroatoms. The fourth-order valence-corrected chi connectivity index (χ4v) is 2.20. The van der Waals surface area contributed by atoms with Gasteiger partial charge in [0.15, 0.2) is 0 Å². The van der Waals surface area contributed by atoms with Gasteiger partial charge in [0.25, 0.3) is 4.84 Å². The van der Waals surface area contributed by atoms with Gasteiger partial charge in [0.2, 0.25) is 5.89 Å². The van der Waals surface area contributed by atoms with Crippen molar-refractivity contribution in [3.63, 3.8) is 0 Å². The number of hydrogen-bond acceptors (Lipinski definition) is 6. The topological polar surface area (TPSA) is 52.7 Å². The zero-order valence-corrected chi connectivity index (χ0v) is 13.9. The molecule has 1 heterocycles. The van der Waals surface area contributed by atoms with Gasteiger partial charge in [-0.2, -0.15) is 0 Å². The first-order valence-corrected chi connectivity index (χ1v) is 7.44.